The van der Waals surface area contributed by atoms with Crippen molar-refractivity contribution in [1.82, 2.24) is 0 Å². The topological polar surface area (TPSA) is 15.3 Å². The van der Waals surface area contributed by atoms with Crippen molar-refractivity contribution in [2.24, 2.45) is 0 Å². The van der Waals surface area contributed by atoms with Crippen molar-refractivity contribution in [2.75, 3.05) is 10.2 Å². The Morgan fingerprint density at radius 2 is 1.60 bits per heavy atom. The number of anilines is 2. The third-order valence-corrected chi connectivity index (χ3v) is 3.79. The zero-order valence-corrected chi connectivity index (χ0v) is 12.4. The number of nitrogens with zero attached hydrogens (tertiary/aromatic N) is 1. The molecule has 20 heavy (non-hydrogen) atoms. The van der Waals surface area contributed by atoms with Gasteiger partial charge in [-0.05, 0) is 38.5 Å². The van der Waals surface area contributed by atoms with Crippen LogP contribution in [0.15, 0.2) is 54.6 Å². The van der Waals surface area contributed by atoms with Crippen LogP contribution in [0.4, 0.5) is 11.4 Å². The minimum absolute atomic E-state index is 0.0963. The van der Waals surface area contributed by atoms with E-state index in [2.05, 4.69) is 85.6 Å². The molecule has 1 aliphatic rings. The van der Waals surface area contributed by atoms with Crippen LogP contribution in [0, 0.1) is 0 Å². The van der Waals surface area contributed by atoms with Gasteiger partial charge in [0.25, 0.3) is 0 Å². The summed E-state index contributed by atoms with van der Waals surface area (Å²) in [6, 6.07) is 19.3. The molecule has 1 unspecified atom stereocenters. The lowest BCUT2D eigenvalue weighted by molar-refractivity contribution is 0.466. The van der Waals surface area contributed by atoms with Crippen molar-refractivity contribution in [3.05, 3.63) is 60.2 Å². The van der Waals surface area contributed by atoms with Crippen molar-refractivity contribution >= 4 is 11.4 Å². The van der Waals surface area contributed by atoms with Crippen LogP contribution in [-0.4, -0.2) is 11.7 Å². The van der Waals surface area contributed by atoms with E-state index in [0.717, 1.165) is 6.42 Å². The molecule has 0 aromatic heterocycles. The first kappa shape index (κ1) is 13.0. The minimum Gasteiger partial charge on any atom is -0.363 e. The fourth-order valence-corrected chi connectivity index (χ4v) is 3.03. The van der Waals surface area contributed by atoms with Crippen LogP contribution in [0.1, 0.15) is 26.3 Å². The molecule has 0 bridgehead atoms. The highest BCUT2D eigenvalue weighted by Crippen LogP contribution is 2.39. The van der Waals surface area contributed by atoms with E-state index < -0.39 is 0 Å². The van der Waals surface area contributed by atoms with Crippen LogP contribution in [0.5, 0.6) is 0 Å². The van der Waals surface area contributed by atoms with E-state index in [1.807, 2.05) is 0 Å². The summed E-state index contributed by atoms with van der Waals surface area (Å²) in [7, 11) is 0. The Labute approximate surface area is 121 Å². The lowest BCUT2D eigenvalue weighted by Gasteiger charge is -2.39. The van der Waals surface area contributed by atoms with Crippen molar-refractivity contribution in [3.8, 4) is 0 Å². The summed E-state index contributed by atoms with van der Waals surface area (Å²) >= 11 is 0. The minimum atomic E-state index is 0.0963. The molecule has 0 saturated heterocycles. The Balaban J connectivity index is 1.92. The number of benzene rings is 2. The van der Waals surface area contributed by atoms with Gasteiger partial charge in [0.05, 0.1) is 11.4 Å². The lowest BCUT2D eigenvalue weighted by Crippen LogP contribution is -2.49. The molecule has 0 radical (unpaired) electrons. The summed E-state index contributed by atoms with van der Waals surface area (Å²) in [6.07, 6.45) is 1.32. The first-order valence-corrected chi connectivity index (χ1v) is 7.24. The first-order chi connectivity index (χ1) is 9.55. The van der Waals surface area contributed by atoms with Gasteiger partial charge in [0.2, 0.25) is 0 Å². The normalized spacial score (nSPS) is 17.8. The maximum atomic E-state index is 3.67. The molecule has 2 aromatic carbocycles. The number of para-hydroxylation sites is 2. The second-order valence-corrected chi connectivity index (χ2v) is 6.41. The fourth-order valence-electron chi connectivity index (χ4n) is 3.03. The number of rotatable bonds is 2. The van der Waals surface area contributed by atoms with E-state index in [0.29, 0.717) is 6.17 Å². The van der Waals surface area contributed by atoms with Gasteiger partial charge in [-0.1, -0.05) is 42.5 Å². The van der Waals surface area contributed by atoms with Crippen molar-refractivity contribution in [1.29, 1.82) is 0 Å². The van der Waals surface area contributed by atoms with Crippen LogP contribution >= 0.6 is 0 Å². The predicted octanol–water partition coefficient (Wildman–Crippen LogP) is 4.29. The van der Waals surface area contributed by atoms with Gasteiger partial charge in [0.1, 0.15) is 6.17 Å². The van der Waals surface area contributed by atoms with Gasteiger partial charge in [0, 0.05) is 12.0 Å². The third-order valence-electron chi connectivity index (χ3n) is 3.79. The molecule has 0 amide bonds. The molecular weight excluding hydrogens is 244 g/mol. The zero-order chi connectivity index (χ0) is 14.2. The van der Waals surface area contributed by atoms with Crippen molar-refractivity contribution in [2.45, 2.75) is 38.9 Å². The Hall–Kier alpha value is -1.96. The quantitative estimate of drug-likeness (QED) is 0.872. The molecule has 0 aliphatic carbocycles. The highest BCUT2D eigenvalue weighted by atomic mass is 15.4. The summed E-state index contributed by atoms with van der Waals surface area (Å²) in [6.45, 7) is 6.82. The van der Waals surface area contributed by atoms with Crippen molar-refractivity contribution in [3.63, 3.8) is 0 Å². The molecule has 3 rings (SSSR count). The van der Waals surface area contributed by atoms with Crippen LogP contribution in [0.2, 0.25) is 0 Å². The molecule has 1 N–H and O–H groups in total. The lowest BCUT2D eigenvalue weighted by atomic mass is 10.0. The van der Waals surface area contributed by atoms with Gasteiger partial charge >= 0.3 is 0 Å². The maximum absolute atomic E-state index is 3.67. The van der Waals surface area contributed by atoms with Crippen LogP contribution in [0.3, 0.4) is 0 Å². The standard InChI is InChI=1S/C18H22N2/c1-18(2,3)20-16-12-8-7-11-15(16)19-17(20)13-14-9-5-4-6-10-14/h4-12,17,19H,13H2,1-3H3. The molecule has 2 aromatic rings. The van der Waals surface area contributed by atoms with E-state index in [1.165, 1.54) is 16.9 Å². The monoisotopic (exact) mass is 266 g/mol. The van der Waals surface area contributed by atoms with Gasteiger partial charge in [-0.15, -0.1) is 0 Å². The Kier molecular flexibility index (Phi) is 3.17. The molecular formula is C18H22N2. The number of fused-ring (bicyclic) bond motifs is 1. The second-order valence-electron chi connectivity index (χ2n) is 6.41. The van der Waals surface area contributed by atoms with E-state index in [1.54, 1.807) is 0 Å². The number of hydrogen-bond donors (Lipinski definition) is 1. The van der Waals surface area contributed by atoms with Crippen LogP contribution < -0.4 is 10.2 Å². The summed E-state index contributed by atoms with van der Waals surface area (Å²) < 4.78 is 0. The maximum Gasteiger partial charge on any atom is 0.104 e. The molecule has 104 valence electrons. The Morgan fingerprint density at radius 1 is 0.950 bits per heavy atom. The molecule has 0 spiro atoms. The largest absolute Gasteiger partial charge is 0.363 e. The fraction of sp³-hybridized carbons (Fsp3) is 0.333. The SMILES string of the molecule is CC(C)(C)N1c2ccccc2NC1Cc1ccccc1. The second kappa shape index (κ2) is 4.86. The van der Waals surface area contributed by atoms with Gasteiger partial charge in [-0.2, -0.15) is 0 Å². The Morgan fingerprint density at radius 3 is 2.30 bits per heavy atom. The zero-order valence-electron chi connectivity index (χ0n) is 12.4. The smallest absolute Gasteiger partial charge is 0.104 e. The predicted molar refractivity (Wildman–Crippen MR) is 86.2 cm³/mol. The molecule has 1 aliphatic heterocycles. The molecule has 0 fully saturated rings. The van der Waals surface area contributed by atoms with E-state index in [4.69, 9.17) is 0 Å². The average molecular weight is 266 g/mol. The number of nitrogens with one attached hydrogen (secondary N) is 1. The van der Waals surface area contributed by atoms with Crippen LogP contribution in [0.25, 0.3) is 0 Å². The highest BCUT2D eigenvalue weighted by Gasteiger charge is 2.35. The highest BCUT2D eigenvalue weighted by molar-refractivity contribution is 5.77. The number of hydrogen-bond acceptors (Lipinski definition) is 2. The van der Waals surface area contributed by atoms with Crippen molar-refractivity contribution < 1.29 is 0 Å². The van der Waals surface area contributed by atoms with Gasteiger partial charge in [-0.25, -0.2) is 0 Å². The summed E-state index contributed by atoms with van der Waals surface area (Å²) in [5, 5.41) is 3.67. The molecule has 1 heterocycles. The summed E-state index contributed by atoms with van der Waals surface area (Å²) in [5.41, 5.74) is 4.01. The van der Waals surface area contributed by atoms with E-state index in [-0.39, 0.29) is 5.54 Å². The van der Waals surface area contributed by atoms with Crippen LogP contribution in [-0.2, 0) is 6.42 Å². The molecule has 2 heteroatoms. The Bertz CT molecular complexity index is 584. The van der Waals surface area contributed by atoms with E-state index in [9.17, 15) is 0 Å². The summed E-state index contributed by atoms with van der Waals surface area (Å²) in [5.74, 6) is 0. The van der Waals surface area contributed by atoms with Gasteiger partial charge < -0.3 is 10.2 Å². The third kappa shape index (κ3) is 2.38. The summed E-state index contributed by atoms with van der Waals surface area (Å²) in [4.78, 5) is 2.50. The molecule has 2 nitrogen and oxygen atoms in total. The van der Waals surface area contributed by atoms with Gasteiger partial charge in [-0.3, -0.25) is 0 Å². The van der Waals surface area contributed by atoms with Gasteiger partial charge in [0.15, 0.2) is 0 Å². The average Bonchev–Trinajstić information content (AvgIpc) is 2.77. The molecule has 1 atom stereocenters. The molecule has 0 saturated carbocycles. The first-order valence-electron chi connectivity index (χ1n) is 7.24. The van der Waals surface area contributed by atoms with E-state index >= 15 is 0 Å².